The molecule has 10 aliphatic rings. The molecule has 10 heterocycles. The number of guanidine groups is 1. The zero-order valence-corrected chi connectivity index (χ0v) is 70.3. The molecule has 5 saturated heterocycles. The normalized spacial score (nSPS) is 33.2. The Labute approximate surface area is 645 Å². The van der Waals surface area contributed by atoms with Crippen LogP contribution in [0, 0.1) is 0 Å². The van der Waals surface area contributed by atoms with E-state index in [4.69, 9.17) is 52.4 Å². The van der Waals surface area contributed by atoms with Gasteiger partial charge in [-0.2, -0.15) is 5.10 Å². The molecule has 0 bridgehead atoms. The predicted molar refractivity (Wildman–Crippen MR) is 456 cm³/mol. The van der Waals surface area contributed by atoms with E-state index in [0.29, 0.717) is 78.3 Å². The fourth-order valence-corrected chi connectivity index (χ4v) is 17.2. The van der Waals surface area contributed by atoms with Gasteiger partial charge in [0.05, 0.1) is 40.3 Å². The fourth-order valence-electron chi connectivity index (χ4n) is 12.0. The van der Waals surface area contributed by atoms with E-state index in [-0.39, 0.29) is 17.6 Å². The predicted octanol–water partition coefficient (Wildman–Crippen LogP) is 1.28. The van der Waals surface area contributed by atoms with E-state index in [2.05, 4.69) is 189 Å². The zero-order chi connectivity index (χ0) is 80.7. The van der Waals surface area contributed by atoms with Crippen LogP contribution < -0.4 is 34.0 Å². The molecule has 21 N–H and O–H groups in total. The number of nitrogens with one attached hydrogen (secondary N) is 1. The number of aliphatic hydroxyl groups excluding tert-OH is 10. The van der Waals surface area contributed by atoms with Gasteiger partial charge >= 0.3 is 0 Å². The molecule has 0 aromatic rings. The standard InChI is InChI=1S/C15H26N3O3P.C14H23IN3O3P.2C14H24N3O3P.C13H23N4O3P/c1-9-8-18(10(2)17-14(9)16)15-13(20)12(19)11(21-15)6-7-22(3,4)5;1-8-17-13(16)9(15)7-18(8)14-12(20)11(19)10(21-14)5-6-22(2,3)4;1-9-16-11(15)5-7-17(9)14-13(19)12(18)10(20-14)6-8-21(2,3)4;1-8-9(7-16-14(15)17-8)13-12(19)11(18)10(20-13)5-6-21(2,3)4;1-8-16-10(14)7-15-17(8)13-12(19)11(18)9(20-13)5-6-21(2,3)4/h8,11-13,15,19-20H,2-3,6-7H2,1,4-5H3,(H2,16,17);7,10-12,14,19-20H,1-2,5-6H2,3-4H3,(H2,16,17);5,7,10,12-14,18-19H,1-2,6,8H2,3-4H3,(H2,15,16);7,10-13,18-19H,1-2,5-6H2,3-4H3,(H3,15,16,17);7,9,11-13,18-19H,1-2,5-6H2,3-4H3,(H2,14,16)/t11-,12-,13-,15-;10-,11-,12-,14-;10-,12-,13-,14-;10-,11-,12-,13+;9-,11-,12-,13-/m11111/s1. The second-order valence-corrected chi connectivity index (χ2v) is 54.1. The smallest absolute Gasteiger partial charge is 0.197 e. The van der Waals surface area contributed by atoms with Gasteiger partial charge in [0, 0.05) is 41.6 Å². The first-order chi connectivity index (χ1) is 49.3. The van der Waals surface area contributed by atoms with Crippen molar-refractivity contribution in [3.63, 3.8) is 0 Å². The minimum atomic E-state index is -1.21. The first kappa shape index (κ1) is 91.2. The number of nitrogens with two attached hydrogens (primary N) is 5. The summed E-state index contributed by atoms with van der Waals surface area (Å²) in [4.78, 5) is 25.1. The molecule has 10 rings (SSSR count). The molecule has 0 aliphatic carbocycles. The molecule has 0 saturated carbocycles. The SMILES string of the molecule is C=C1N=C(N)C(C)=CN1[C@@H]1O[C@H](CCP(=C)(C)C)[C@@H](O)[C@H]1O.C=C1N=C(N)C(I)=CN1[C@@H]1O[C@H](CCP(=C)(C)C)[C@@H](O)[C@H]1O.C=C1N=C(N)C=CN1[C@@H]1O[C@H](CCP(=C)(C)C)[C@@H](O)[C@H]1O.C=C1N=C(N)C=NN1[C@@H]1O[C@H](CCP(=C)(C)C)[C@@H](O)[C@H]1O.C=C1NC(N)=NC=C1[C@@H]1O[C@H](CCP(=C)(C)C)[C@@H](O)[C@H]1O. The zero-order valence-electron chi connectivity index (χ0n) is 63.6. The van der Waals surface area contributed by atoms with Crippen LogP contribution in [0.3, 0.4) is 0 Å². The van der Waals surface area contributed by atoms with Gasteiger partial charge < -0.3 is 123 Å². The molecule has 0 radical (unpaired) electrons. The maximum atomic E-state index is 10.3. The highest BCUT2D eigenvalue weighted by atomic mass is 127. The highest BCUT2D eigenvalue weighted by Gasteiger charge is 2.51. The Bertz CT molecular complexity index is 3660. The van der Waals surface area contributed by atoms with Gasteiger partial charge in [-0.15, -0.1) is 65.9 Å². The van der Waals surface area contributed by atoms with Crippen LogP contribution in [0.1, 0.15) is 39.0 Å². The van der Waals surface area contributed by atoms with E-state index >= 15 is 0 Å². The Morgan fingerprint density at radius 2 is 0.794 bits per heavy atom. The molecular formula is C70H120IN16O15P5. The molecule has 0 aromatic carbocycles. The molecule has 0 amide bonds. The van der Waals surface area contributed by atoms with Crippen molar-refractivity contribution < 1.29 is 74.7 Å². The monoisotopic (exact) mass is 1710 g/mol. The summed E-state index contributed by atoms with van der Waals surface area (Å²) in [7, 11) is 0. The number of halogens is 1. The van der Waals surface area contributed by atoms with E-state index in [1.165, 1.54) is 17.4 Å². The summed E-state index contributed by atoms with van der Waals surface area (Å²) < 4.78 is 29.9. The van der Waals surface area contributed by atoms with E-state index in [1.54, 1.807) is 39.4 Å². The van der Waals surface area contributed by atoms with E-state index in [1.807, 2.05) is 6.92 Å². The van der Waals surface area contributed by atoms with E-state index in [9.17, 15) is 51.1 Å². The molecule has 0 spiro atoms. The molecule has 31 nitrogen and oxygen atoms in total. The maximum absolute atomic E-state index is 10.3. The number of aliphatic imine (C=N–C) groups is 5. The lowest BCUT2D eigenvalue weighted by Crippen LogP contribution is -2.42. The molecule has 10 aliphatic heterocycles. The summed E-state index contributed by atoms with van der Waals surface area (Å²) in [6.07, 6.45) is 22.7. The lowest BCUT2D eigenvalue weighted by molar-refractivity contribution is -0.0749. The Morgan fingerprint density at radius 3 is 1.19 bits per heavy atom. The molecule has 20 atom stereocenters. The lowest BCUT2D eigenvalue weighted by Gasteiger charge is -2.31. The minimum Gasteiger partial charge on any atom is -0.388 e. The fraction of sp³-hybridized carbons (Fsp3) is 0.586. The molecule has 602 valence electrons. The average Bonchev–Trinajstić information content (AvgIpc) is 1.67. The summed E-state index contributed by atoms with van der Waals surface area (Å²) >= 11 is 2.06. The number of nitrogens with zero attached hydrogens (tertiary/aromatic N) is 10. The molecular weight excluding hydrogens is 1590 g/mol. The van der Waals surface area contributed by atoms with Crippen LogP contribution >= 0.6 is 57.0 Å². The molecule has 37 heteroatoms. The minimum absolute atomic E-state index is 0.240. The second kappa shape index (κ2) is 37.8. The number of hydrogen-bond acceptors (Lipinski definition) is 31. The van der Waals surface area contributed by atoms with Crippen LogP contribution in [0.25, 0.3) is 0 Å². The topological polar surface area (TPSA) is 478 Å². The number of hydrogen-bond donors (Lipinski definition) is 16. The van der Waals surface area contributed by atoms with Gasteiger partial charge in [0.25, 0.3) is 0 Å². The van der Waals surface area contributed by atoms with Crippen molar-refractivity contribution in [3.8, 4) is 0 Å². The van der Waals surface area contributed by atoms with Crippen LogP contribution in [0.2, 0.25) is 0 Å². The Morgan fingerprint density at radius 1 is 0.449 bits per heavy atom. The Kier molecular flexibility index (Phi) is 32.2. The van der Waals surface area contributed by atoms with Gasteiger partial charge in [-0.3, -0.25) is 0 Å². The van der Waals surface area contributed by atoms with Gasteiger partial charge in [0.1, 0.15) is 114 Å². The van der Waals surface area contributed by atoms with Crippen molar-refractivity contribution in [3.05, 3.63) is 107 Å². The average molecular weight is 1710 g/mol. The second-order valence-electron chi connectivity index (χ2n) is 31.4. The van der Waals surface area contributed by atoms with Gasteiger partial charge in [-0.25, -0.2) is 30.0 Å². The van der Waals surface area contributed by atoms with Crippen LogP contribution in [0.15, 0.2) is 138 Å². The number of amidine groups is 4. The molecule has 0 aromatic heterocycles. The number of aliphatic hydroxyl groups is 10. The summed E-state index contributed by atoms with van der Waals surface area (Å²) in [5.74, 6) is 3.06. The van der Waals surface area contributed by atoms with Crippen molar-refractivity contribution in [2.75, 3.05) is 97.5 Å². The molecule has 5 fully saturated rings. The first-order valence-electron chi connectivity index (χ1n) is 34.8. The number of rotatable bonds is 20. The molecule has 107 heavy (non-hydrogen) atoms. The van der Waals surface area contributed by atoms with Gasteiger partial charge in [-0.05, 0) is 165 Å². The molecule has 0 unspecified atom stereocenters. The Balaban J connectivity index is 0.000000209. The van der Waals surface area contributed by atoms with Crippen LogP contribution in [0.4, 0.5) is 0 Å². The van der Waals surface area contributed by atoms with Gasteiger partial charge in [0.2, 0.25) is 0 Å². The number of ether oxygens (including phenoxy) is 5. The van der Waals surface area contributed by atoms with Crippen molar-refractivity contribution in [2.45, 2.75) is 162 Å². The third-order valence-electron chi connectivity index (χ3n) is 18.3. The van der Waals surface area contributed by atoms with E-state index < -0.39 is 157 Å². The van der Waals surface area contributed by atoms with Gasteiger partial charge in [-0.1, -0.05) is 32.9 Å². The third kappa shape index (κ3) is 25.9. The van der Waals surface area contributed by atoms with Crippen LogP contribution in [0.5, 0.6) is 0 Å². The summed E-state index contributed by atoms with van der Waals surface area (Å²) in [5.41, 5.74) is 30.1. The number of hydrazone groups is 1. The van der Waals surface area contributed by atoms with Crippen molar-refractivity contribution in [1.29, 1.82) is 0 Å². The van der Waals surface area contributed by atoms with E-state index in [0.717, 1.165) is 40.0 Å². The highest BCUT2D eigenvalue weighted by molar-refractivity contribution is 14.1. The van der Waals surface area contributed by atoms with Crippen molar-refractivity contribution in [2.24, 2.45) is 58.7 Å². The quantitative estimate of drug-likeness (QED) is 0.0603. The van der Waals surface area contributed by atoms with Gasteiger partial charge in [0.15, 0.2) is 30.9 Å². The largest absolute Gasteiger partial charge is 0.388 e. The van der Waals surface area contributed by atoms with Crippen molar-refractivity contribution in [1.82, 2.24) is 25.0 Å². The first-order valence-corrected chi connectivity index (χ1v) is 51.1. The third-order valence-corrected chi connectivity index (χ3v) is 26.4. The van der Waals surface area contributed by atoms with Crippen LogP contribution in [-0.4, -0.2) is 358 Å². The lowest BCUT2D eigenvalue weighted by atomic mass is 9.99. The Hall–Kier alpha value is -4.69. The summed E-state index contributed by atoms with van der Waals surface area (Å²) in [5, 5.41) is 110. The highest BCUT2D eigenvalue weighted by Crippen LogP contribution is 2.44. The maximum Gasteiger partial charge on any atom is 0.197 e. The summed E-state index contributed by atoms with van der Waals surface area (Å²) in [6.45, 7) is 36.2. The summed E-state index contributed by atoms with van der Waals surface area (Å²) in [6, 6.07) is 0. The van der Waals surface area contributed by atoms with Crippen molar-refractivity contribution >= 4 is 124 Å². The van der Waals surface area contributed by atoms with Crippen LogP contribution in [-0.2, 0) is 23.7 Å².